The van der Waals surface area contributed by atoms with Gasteiger partial charge in [0.15, 0.2) is 0 Å². The molecule has 1 aromatic carbocycles. The Balaban J connectivity index is 0.00000225. The van der Waals surface area contributed by atoms with Crippen LogP contribution in [0.3, 0.4) is 0 Å². The van der Waals surface area contributed by atoms with Crippen LogP contribution in [-0.4, -0.2) is 26.2 Å². The summed E-state index contributed by atoms with van der Waals surface area (Å²) in [6.07, 6.45) is 0. The largest absolute Gasteiger partial charge is 0.497 e. The SMILES string of the molecule is CCN(CC(C)N)c1cccc(OC)c1.Cl. The summed E-state index contributed by atoms with van der Waals surface area (Å²) in [6, 6.07) is 8.23. The molecule has 0 amide bonds. The van der Waals surface area contributed by atoms with E-state index in [1.807, 2.05) is 25.1 Å². The Bertz CT molecular complexity index is 305. The van der Waals surface area contributed by atoms with Crippen LogP contribution in [-0.2, 0) is 0 Å². The second-order valence-corrected chi connectivity index (χ2v) is 3.72. The van der Waals surface area contributed by atoms with Gasteiger partial charge in [0.25, 0.3) is 0 Å². The summed E-state index contributed by atoms with van der Waals surface area (Å²) in [6.45, 7) is 5.96. The van der Waals surface area contributed by atoms with E-state index in [-0.39, 0.29) is 18.4 Å². The minimum absolute atomic E-state index is 0. The molecule has 0 radical (unpaired) electrons. The van der Waals surface area contributed by atoms with Crippen LogP contribution in [0.25, 0.3) is 0 Å². The Kier molecular flexibility index (Phi) is 6.93. The summed E-state index contributed by atoms with van der Waals surface area (Å²) in [5, 5.41) is 0. The van der Waals surface area contributed by atoms with Crippen molar-refractivity contribution in [1.29, 1.82) is 0 Å². The summed E-state index contributed by atoms with van der Waals surface area (Å²) in [5.74, 6) is 0.885. The first-order valence-corrected chi connectivity index (χ1v) is 5.32. The van der Waals surface area contributed by atoms with E-state index in [1.165, 1.54) is 0 Å². The molecule has 92 valence electrons. The third-order valence-corrected chi connectivity index (χ3v) is 2.31. The number of likely N-dealkylation sites (N-methyl/N-ethyl adjacent to an activating group) is 1. The average molecular weight is 245 g/mol. The van der Waals surface area contributed by atoms with Gasteiger partial charge in [0.2, 0.25) is 0 Å². The number of anilines is 1. The maximum atomic E-state index is 5.80. The molecule has 0 aliphatic carbocycles. The van der Waals surface area contributed by atoms with Gasteiger partial charge < -0.3 is 15.4 Å². The molecule has 0 aromatic heterocycles. The first-order chi connectivity index (χ1) is 7.17. The van der Waals surface area contributed by atoms with Gasteiger partial charge in [-0.05, 0) is 26.0 Å². The van der Waals surface area contributed by atoms with Crippen LogP contribution < -0.4 is 15.4 Å². The molecule has 0 heterocycles. The minimum atomic E-state index is 0. The predicted molar refractivity (Wildman–Crippen MR) is 71.8 cm³/mol. The van der Waals surface area contributed by atoms with Gasteiger partial charge in [0.05, 0.1) is 7.11 Å². The summed E-state index contributed by atoms with van der Waals surface area (Å²) in [7, 11) is 1.68. The van der Waals surface area contributed by atoms with E-state index in [9.17, 15) is 0 Å². The van der Waals surface area contributed by atoms with Crippen molar-refractivity contribution < 1.29 is 4.74 Å². The van der Waals surface area contributed by atoms with Crippen molar-refractivity contribution >= 4 is 18.1 Å². The molecular formula is C12H21ClN2O. The third kappa shape index (κ3) is 4.29. The molecular weight excluding hydrogens is 224 g/mol. The zero-order valence-corrected chi connectivity index (χ0v) is 11.0. The lowest BCUT2D eigenvalue weighted by molar-refractivity contribution is 0.414. The molecule has 0 spiro atoms. The third-order valence-electron chi connectivity index (χ3n) is 2.31. The van der Waals surface area contributed by atoms with Gasteiger partial charge in [0, 0.05) is 30.9 Å². The number of benzene rings is 1. The lowest BCUT2D eigenvalue weighted by Gasteiger charge is -2.25. The number of rotatable bonds is 5. The quantitative estimate of drug-likeness (QED) is 0.864. The second-order valence-electron chi connectivity index (χ2n) is 3.72. The van der Waals surface area contributed by atoms with E-state index in [0.29, 0.717) is 0 Å². The van der Waals surface area contributed by atoms with Crippen LogP contribution in [0.2, 0.25) is 0 Å². The van der Waals surface area contributed by atoms with Crippen LogP contribution in [0.5, 0.6) is 5.75 Å². The highest BCUT2D eigenvalue weighted by Crippen LogP contribution is 2.20. The van der Waals surface area contributed by atoms with Crippen LogP contribution in [0.4, 0.5) is 5.69 Å². The number of ether oxygens (including phenoxy) is 1. The lowest BCUT2D eigenvalue weighted by atomic mass is 10.2. The number of hydrogen-bond donors (Lipinski definition) is 1. The molecule has 1 atom stereocenters. The lowest BCUT2D eigenvalue weighted by Crippen LogP contribution is -2.35. The van der Waals surface area contributed by atoms with Gasteiger partial charge in [-0.2, -0.15) is 0 Å². The predicted octanol–water partition coefficient (Wildman–Crippen LogP) is 2.29. The number of methoxy groups -OCH3 is 1. The Morgan fingerprint density at radius 3 is 2.62 bits per heavy atom. The molecule has 1 rings (SSSR count). The van der Waals surface area contributed by atoms with E-state index < -0.39 is 0 Å². The first kappa shape index (κ1) is 15.1. The highest BCUT2D eigenvalue weighted by atomic mass is 35.5. The van der Waals surface area contributed by atoms with Crippen molar-refractivity contribution in [1.82, 2.24) is 0 Å². The summed E-state index contributed by atoms with van der Waals surface area (Å²) in [4.78, 5) is 2.24. The van der Waals surface area contributed by atoms with Crippen molar-refractivity contribution in [3.63, 3.8) is 0 Å². The van der Waals surface area contributed by atoms with Crippen LogP contribution in [0, 0.1) is 0 Å². The molecule has 2 N–H and O–H groups in total. The average Bonchev–Trinajstić information content (AvgIpc) is 2.25. The van der Waals surface area contributed by atoms with Gasteiger partial charge in [0.1, 0.15) is 5.75 Å². The zero-order chi connectivity index (χ0) is 11.3. The smallest absolute Gasteiger partial charge is 0.120 e. The molecule has 0 saturated carbocycles. The highest BCUT2D eigenvalue weighted by Gasteiger charge is 2.06. The van der Waals surface area contributed by atoms with Gasteiger partial charge in [-0.25, -0.2) is 0 Å². The molecule has 0 aliphatic rings. The van der Waals surface area contributed by atoms with Crippen molar-refractivity contribution in [2.45, 2.75) is 19.9 Å². The second kappa shape index (κ2) is 7.36. The fourth-order valence-corrected chi connectivity index (χ4v) is 1.57. The zero-order valence-electron chi connectivity index (χ0n) is 10.1. The molecule has 1 aromatic rings. The van der Waals surface area contributed by atoms with Crippen molar-refractivity contribution in [2.24, 2.45) is 5.73 Å². The maximum absolute atomic E-state index is 5.80. The fraction of sp³-hybridized carbons (Fsp3) is 0.500. The molecule has 0 aliphatic heterocycles. The van der Waals surface area contributed by atoms with Crippen molar-refractivity contribution in [3.05, 3.63) is 24.3 Å². The van der Waals surface area contributed by atoms with Gasteiger partial charge in [-0.1, -0.05) is 6.07 Å². The minimum Gasteiger partial charge on any atom is -0.497 e. The Morgan fingerprint density at radius 1 is 1.44 bits per heavy atom. The fourth-order valence-electron chi connectivity index (χ4n) is 1.57. The highest BCUT2D eigenvalue weighted by molar-refractivity contribution is 5.85. The van der Waals surface area contributed by atoms with E-state index in [1.54, 1.807) is 7.11 Å². The summed E-state index contributed by atoms with van der Waals surface area (Å²) in [5.41, 5.74) is 6.97. The van der Waals surface area contributed by atoms with Crippen molar-refractivity contribution in [2.75, 3.05) is 25.1 Å². The van der Waals surface area contributed by atoms with E-state index in [2.05, 4.69) is 17.9 Å². The molecule has 0 saturated heterocycles. The Morgan fingerprint density at radius 2 is 2.12 bits per heavy atom. The molecule has 0 fully saturated rings. The van der Waals surface area contributed by atoms with Crippen LogP contribution >= 0.6 is 12.4 Å². The molecule has 16 heavy (non-hydrogen) atoms. The molecule has 0 bridgehead atoms. The summed E-state index contributed by atoms with van der Waals surface area (Å²) < 4.78 is 5.20. The maximum Gasteiger partial charge on any atom is 0.120 e. The van der Waals surface area contributed by atoms with E-state index in [4.69, 9.17) is 10.5 Å². The normalized spacial score (nSPS) is 11.5. The Hall–Kier alpha value is -0.930. The van der Waals surface area contributed by atoms with Gasteiger partial charge in [-0.15, -0.1) is 12.4 Å². The van der Waals surface area contributed by atoms with E-state index >= 15 is 0 Å². The monoisotopic (exact) mass is 244 g/mol. The van der Waals surface area contributed by atoms with Gasteiger partial charge in [-0.3, -0.25) is 0 Å². The molecule has 4 heteroatoms. The molecule has 3 nitrogen and oxygen atoms in total. The first-order valence-electron chi connectivity index (χ1n) is 5.32. The topological polar surface area (TPSA) is 38.5 Å². The number of halogens is 1. The number of nitrogens with two attached hydrogens (primary N) is 1. The van der Waals surface area contributed by atoms with Crippen LogP contribution in [0.1, 0.15) is 13.8 Å². The van der Waals surface area contributed by atoms with Gasteiger partial charge >= 0.3 is 0 Å². The van der Waals surface area contributed by atoms with Crippen molar-refractivity contribution in [3.8, 4) is 5.75 Å². The van der Waals surface area contributed by atoms with E-state index in [0.717, 1.165) is 24.5 Å². The Labute approximate surface area is 104 Å². The number of nitrogens with zero attached hydrogens (tertiary/aromatic N) is 1. The van der Waals surface area contributed by atoms with Crippen LogP contribution in [0.15, 0.2) is 24.3 Å². The molecule has 1 unspecified atom stereocenters. The standard InChI is InChI=1S/C12H20N2O.ClH/c1-4-14(9-10(2)13)11-6-5-7-12(8-11)15-3;/h5-8,10H,4,9,13H2,1-3H3;1H. The summed E-state index contributed by atoms with van der Waals surface area (Å²) >= 11 is 0. The number of hydrogen-bond acceptors (Lipinski definition) is 3.